The largest absolute Gasteiger partial charge is 0.496 e. The Morgan fingerprint density at radius 1 is 1.00 bits per heavy atom. The fourth-order valence-corrected chi connectivity index (χ4v) is 2.42. The van der Waals surface area contributed by atoms with Crippen LogP contribution >= 0.6 is 23.2 Å². The molecule has 3 nitrogen and oxygen atoms in total. The van der Waals surface area contributed by atoms with Crippen LogP contribution in [0.25, 0.3) is 22.3 Å². The number of rotatable bonds is 2. The van der Waals surface area contributed by atoms with Gasteiger partial charge in [0.1, 0.15) is 10.9 Å². The van der Waals surface area contributed by atoms with E-state index in [1.165, 1.54) is 0 Å². The zero-order chi connectivity index (χ0) is 14.1. The van der Waals surface area contributed by atoms with Crippen LogP contribution in [0.5, 0.6) is 5.75 Å². The van der Waals surface area contributed by atoms with Gasteiger partial charge in [-0.25, -0.2) is 9.97 Å². The van der Waals surface area contributed by atoms with Gasteiger partial charge < -0.3 is 4.74 Å². The monoisotopic (exact) mass is 304 g/mol. The van der Waals surface area contributed by atoms with Crippen molar-refractivity contribution < 1.29 is 4.74 Å². The Bertz CT molecular complexity index is 790. The molecule has 0 aliphatic carbocycles. The zero-order valence-electron chi connectivity index (χ0n) is 10.6. The number of halogens is 2. The second-order valence-electron chi connectivity index (χ2n) is 4.20. The number of nitrogens with zero attached hydrogens (tertiary/aromatic N) is 2. The highest BCUT2D eigenvalue weighted by Gasteiger charge is 2.11. The Kier molecular flexibility index (Phi) is 3.47. The third-order valence-electron chi connectivity index (χ3n) is 2.96. The molecule has 2 aromatic carbocycles. The molecule has 5 heteroatoms. The molecule has 1 heterocycles. The molecule has 0 atom stereocenters. The molecule has 0 amide bonds. The predicted octanol–water partition coefficient (Wildman–Crippen LogP) is 4.61. The summed E-state index contributed by atoms with van der Waals surface area (Å²) in [4.78, 5) is 8.86. The van der Waals surface area contributed by atoms with Crippen molar-refractivity contribution >= 4 is 34.1 Å². The highest BCUT2D eigenvalue weighted by Crippen LogP contribution is 2.31. The molecule has 20 heavy (non-hydrogen) atoms. The minimum absolute atomic E-state index is 0.374. The van der Waals surface area contributed by atoms with Gasteiger partial charge in [-0.1, -0.05) is 35.3 Å². The maximum atomic E-state index is 6.23. The van der Waals surface area contributed by atoms with Crippen LogP contribution in [0.1, 0.15) is 0 Å². The van der Waals surface area contributed by atoms with Gasteiger partial charge in [-0.3, -0.25) is 0 Å². The van der Waals surface area contributed by atoms with E-state index in [2.05, 4.69) is 9.97 Å². The number of hydrogen-bond donors (Lipinski definition) is 0. The molecule has 0 spiro atoms. The molecule has 1 aromatic heterocycles. The van der Waals surface area contributed by atoms with E-state index < -0.39 is 0 Å². The van der Waals surface area contributed by atoms with E-state index in [-0.39, 0.29) is 0 Å². The minimum Gasteiger partial charge on any atom is -0.496 e. The third kappa shape index (κ3) is 2.30. The third-order valence-corrected chi connectivity index (χ3v) is 3.48. The van der Waals surface area contributed by atoms with Gasteiger partial charge in [-0.2, -0.15) is 0 Å². The van der Waals surface area contributed by atoms with Crippen LogP contribution in [-0.2, 0) is 0 Å². The molecule has 0 fully saturated rings. The lowest BCUT2D eigenvalue weighted by atomic mass is 10.1. The summed E-state index contributed by atoms with van der Waals surface area (Å²) in [6.45, 7) is 0. The van der Waals surface area contributed by atoms with Crippen LogP contribution in [0.2, 0.25) is 10.2 Å². The summed E-state index contributed by atoms with van der Waals surface area (Å²) in [5.41, 5.74) is 1.55. The predicted molar refractivity (Wildman–Crippen MR) is 81.5 cm³/mol. The highest BCUT2D eigenvalue weighted by atomic mass is 35.5. The van der Waals surface area contributed by atoms with Crippen molar-refractivity contribution in [1.29, 1.82) is 0 Å². The second kappa shape index (κ2) is 5.27. The van der Waals surface area contributed by atoms with Crippen LogP contribution in [0, 0.1) is 0 Å². The number of ether oxygens (including phenoxy) is 1. The van der Waals surface area contributed by atoms with Crippen LogP contribution in [0.4, 0.5) is 0 Å². The van der Waals surface area contributed by atoms with Crippen molar-refractivity contribution in [2.24, 2.45) is 0 Å². The summed E-state index contributed by atoms with van der Waals surface area (Å²) >= 11 is 12.2. The maximum absolute atomic E-state index is 6.23. The number of aromatic nitrogens is 2. The summed E-state index contributed by atoms with van der Waals surface area (Å²) in [6.07, 6.45) is 0. The first-order valence-corrected chi connectivity index (χ1v) is 6.71. The van der Waals surface area contributed by atoms with E-state index in [0.717, 1.165) is 16.5 Å². The van der Waals surface area contributed by atoms with Crippen LogP contribution in [-0.4, -0.2) is 17.1 Å². The molecular formula is C15H10Cl2N2O. The number of methoxy groups -OCH3 is 1. The Morgan fingerprint density at radius 3 is 2.60 bits per heavy atom. The average molecular weight is 305 g/mol. The van der Waals surface area contributed by atoms with E-state index in [1.807, 2.05) is 30.3 Å². The second-order valence-corrected chi connectivity index (χ2v) is 4.99. The first-order chi connectivity index (χ1) is 9.69. The summed E-state index contributed by atoms with van der Waals surface area (Å²) in [5, 5.41) is 1.71. The molecule has 3 rings (SSSR count). The molecule has 0 aliphatic heterocycles. The van der Waals surface area contributed by atoms with E-state index in [9.17, 15) is 0 Å². The molecule has 0 bridgehead atoms. The quantitative estimate of drug-likeness (QED) is 0.648. The normalized spacial score (nSPS) is 10.8. The molecule has 0 N–H and O–H groups in total. The van der Waals surface area contributed by atoms with Gasteiger partial charge in [0.2, 0.25) is 0 Å². The zero-order valence-corrected chi connectivity index (χ0v) is 12.1. The van der Waals surface area contributed by atoms with Crippen LogP contribution < -0.4 is 4.74 Å². The average Bonchev–Trinajstić information content (AvgIpc) is 2.47. The summed E-state index contributed by atoms with van der Waals surface area (Å²) in [7, 11) is 1.61. The van der Waals surface area contributed by atoms with Crippen molar-refractivity contribution in [2.75, 3.05) is 7.11 Å². The highest BCUT2D eigenvalue weighted by molar-refractivity contribution is 6.35. The minimum atomic E-state index is 0.374. The Hall–Kier alpha value is -1.84. The molecular weight excluding hydrogens is 295 g/mol. The van der Waals surface area contributed by atoms with Crippen LogP contribution in [0.15, 0.2) is 42.5 Å². The number of hydrogen-bond acceptors (Lipinski definition) is 3. The van der Waals surface area contributed by atoms with E-state index >= 15 is 0 Å². The van der Waals surface area contributed by atoms with Crippen molar-refractivity contribution in [3.8, 4) is 17.1 Å². The van der Waals surface area contributed by atoms with E-state index in [0.29, 0.717) is 21.7 Å². The Morgan fingerprint density at radius 2 is 1.80 bits per heavy atom. The summed E-state index contributed by atoms with van der Waals surface area (Å²) in [6, 6.07) is 12.9. The summed E-state index contributed by atoms with van der Waals surface area (Å²) in [5.74, 6) is 1.24. The lowest BCUT2D eigenvalue weighted by Crippen LogP contribution is -1.94. The van der Waals surface area contributed by atoms with Crippen molar-refractivity contribution in [3.63, 3.8) is 0 Å². The van der Waals surface area contributed by atoms with Gasteiger partial charge in [0.25, 0.3) is 0 Å². The van der Waals surface area contributed by atoms with Gasteiger partial charge in [0.15, 0.2) is 5.82 Å². The van der Waals surface area contributed by atoms with Crippen molar-refractivity contribution in [1.82, 2.24) is 9.97 Å². The summed E-state index contributed by atoms with van der Waals surface area (Å²) < 4.78 is 5.33. The van der Waals surface area contributed by atoms with Gasteiger partial charge >= 0.3 is 0 Å². The molecule has 100 valence electrons. The lowest BCUT2D eigenvalue weighted by Gasteiger charge is -2.08. The maximum Gasteiger partial charge on any atom is 0.165 e. The fraction of sp³-hybridized carbons (Fsp3) is 0.0667. The SMILES string of the molecule is COc1ccccc1-c1nc(Cl)c2cc(Cl)ccc2n1. The molecule has 0 saturated heterocycles. The van der Waals surface area contributed by atoms with Crippen molar-refractivity contribution in [2.45, 2.75) is 0 Å². The fourth-order valence-electron chi connectivity index (χ4n) is 2.01. The topological polar surface area (TPSA) is 35.0 Å². The van der Waals surface area contributed by atoms with Gasteiger partial charge in [-0.05, 0) is 30.3 Å². The number of benzene rings is 2. The van der Waals surface area contributed by atoms with E-state index in [1.54, 1.807) is 19.2 Å². The first-order valence-electron chi connectivity index (χ1n) is 5.95. The first kappa shape index (κ1) is 13.2. The molecule has 3 aromatic rings. The Labute approximate surface area is 126 Å². The Balaban J connectivity index is 2.25. The number of para-hydroxylation sites is 1. The number of fused-ring (bicyclic) bond motifs is 1. The molecule has 0 radical (unpaired) electrons. The van der Waals surface area contributed by atoms with Crippen LogP contribution in [0.3, 0.4) is 0 Å². The van der Waals surface area contributed by atoms with Gasteiger partial charge in [0, 0.05) is 10.4 Å². The standard InChI is InChI=1S/C15H10Cl2N2O/c1-20-13-5-3-2-4-10(13)15-18-12-7-6-9(16)8-11(12)14(17)19-15/h2-8H,1H3. The smallest absolute Gasteiger partial charge is 0.165 e. The van der Waals surface area contributed by atoms with E-state index in [4.69, 9.17) is 27.9 Å². The van der Waals surface area contributed by atoms with Gasteiger partial charge in [0.05, 0.1) is 18.2 Å². The lowest BCUT2D eigenvalue weighted by molar-refractivity contribution is 0.416. The molecule has 0 saturated carbocycles. The molecule has 0 unspecified atom stereocenters. The molecule has 0 aliphatic rings. The van der Waals surface area contributed by atoms with Crippen molar-refractivity contribution in [3.05, 3.63) is 52.6 Å². The van der Waals surface area contributed by atoms with Gasteiger partial charge in [-0.15, -0.1) is 0 Å².